The molecule has 0 amide bonds. The molecular formula is C12H13FN4OS. The van der Waals surface area contributed by atoms with Gasteiger partial charge in [0, 0.05) is 11.9 Å². The van der Waals surface area contributed by atoms with Crippen molar-refractivity contribution >= 4 is 17.3 Å². The number of aryl methyl sites for hydroxylation is 1. The smallest absolute Gasteiger partial charge is 0.226 e. The lowest BCUT2D eigenvalue weighted by Crippen LogP contribution is -2.40. The van der Waals surface area contributed by atoms with Crippen LogP contribution in [0.2, 0.25) is 0 Å². The monoisotopic (exact) mass is 280 g/mol. The largest absolute Gasteiger partial charge is 0.377 e. The molecule has 3 heterocycles. The van der Waals surface area contributed by atoms with Gasteiger partial charge in [-0.2, -0.15) is 0 Å². The van der Waals surface area contributed by atoms with Gasteiger partial charge in [0.2, 0.25) is 5.95 Å². The van der Waals surface area contributed by atoms with Crippen molar-refractivity contribution in [3.63, 3.8) is 0 Å². The van der Waals surface area contributed by atoms with Crippen LogP contribution in [-0.2, 0) is 4.74 Å². The van der Waals surface area contributed by atoms with Gasteiger partial charge < -0.3 is 9.64 Å². The Morgan fingerprint density at radius 2 is 2.21 bits per heavy atom. The summed E-state index contributed by atoms with van der Waals surface area (Å²) >= 11 is 1.60. The van der Waals surface area contributed by atoms with Crippen LogP contribution in [0.4, 0.5) is 10.3 Å². The molecule has 7 heteroatoms. The van der Waals surface area contributed by atoms with E-state index >= 15 is 0 Å². The number of hydrogen-bond acceptors (Lipinski definition) is 6. The molecule has 0 saturated carbocycles. The summed E-state index contributed by atoms with van der Waals surface area (Å²) in [5, 5.41) is 3.03. The topological polar surface area (TPSA) is 51.1 Å². The molecule has 100 valence electrons. The van der Waals surface area contributed by atoms with Gasteiger partial charge in [0.25, 0.3) is 0 Å². The molecule has 19 heavy (non-hydrogen) atoms. The number of rotatable bonds is 2. The normalized spacial score (nSPS) is 19.7. The Balaban J connectivity index is 1.90. The van der Waals surface area contributed by atoms with Crippen molar-refractivity contribution in [2.45, 2.75) is 13.0 Å². The quantitative estimate of drug-likeness (QED) is 0.841. The van der Waals surface area contributed by atoms with Gasteiger partial charge in [-0.15, -0.1) is 11.3 Å². The zero-order valence-corrected chi connectivity index (χ0v) is 11.2. The second-order valence-electron chi connectivity index (χ2n) is 4.28. The number of aromatic nitrogens is 3. The molecule has 0 radical (unpaired) electrons. The Labute approximate surface area is 114 Å². The first-order valence-corrected chi connectivity index (χ1v) is 6.86. The SMILES string of the molecule is Cc1nc([C@@H]2COCCN2c2ncc(F)cn2)cs1. The highest BCUT2D eigenvalue weighted by molar-refractivity contribution is 7.09. The van der Waals surface area contributed by atoms with Gasteiger partial charge in [-0.25, -0.2) is 19.3 Å². The number of thiazole rings is 1. The predicted molar refractivity (Wildman–Crippen MR) is 69.7 cm³/mol. The molecule has 0 bridgehead atoms. The number of halogens is 1. The third-order valence-corrected chi connectivity index (χ3v) is 3.76. The fraction of sp³-hybridized carbons (Fsp3) is 0.417. The van der Waals surface area contributed by atoms with Crippen LogP contribution in [-0.4, -0.2) is 34.7 Å². The van der Waals surface area contributed by atoms with E-state index in [0.717, 1.165) is 10.7 Å². The summed E-state index contributed by atoms with van der Waals surface area (Å²) in [6.45, 7) is 3.80. The second kappa shape index (κ2) is 5.18. The van der Waals surface area contributed by atoms with Gasteiger partial charge >= 0.3 is 0 Å². The minimum absolute atomic E-state index is 0.0100. The third kappa shape index (κ3) is 2.57. The number of hydrogen-bond donors (Lipinski definition) is 0. The van der Waals surface area contributed by atoms with Crippen LogP contribution in [0.25, 0.3) is 0 Å². The Morgan fingerprint density at radius 1 is 1.42 bits per heavy atom. The van der Waals surface area contributed by atoms with E-state index < -0.39 is 5.82 Å². The molecule has 1 aliphatic rings. The highest BCUT2D eigenvalue weighted by Crippen LogP contribution is 2.28. The molecule has 0 spiro atoms. The van der Waals surface area contributed by atoms with Gasteiger partial charge in [-0.05, 0) is 6.92 Å². The summed E-state index contributed by atoms with van der Waals surface area (Å²) in [7, 11) is 0. The number of anilines is 1. The van der Waals surface area contributed by atoms with Gasteiger partial charge in [0.15, 0.2) is 5.82 Å². The van der Waals surface area contributed by atoms with Gasteiger partial charge in [0.05, 0.1) is 42.4 Å². The van der Waals surface area contributed by atoms with E-state index in [1.54, 1.807) is 11.3 Å². The molecule has 3 rings (SSSR count). The van der Waals surface area contributed by atoms with E-state index in [4.69, 9.17) is 4.74 Å². The number of nitrogens with zero attached hydrogens (tertiary/aromatic N) is 4. The van der Waals surface area contributed by atoms with Crippen LogP contribution in [0.1, 0.15) is 16.7 Å². The lowest BCUT2D eigenvalue weighted by Gasteiger charge is -2.34. The lowest BCUT2D eigenvalue weighted by atomic mass is 10.2. The lowest BCUT2D eigenvalue weighted by molar-refractivity contribution is 0.0922. The summed E-state index contributed by atoms with van der Waals surface area (Å²) in [6, 6.07) is -0.0100. The van der Waals surface area contributed by atoms with Gasteiger partial charge in [-0.3, -0.25) is 0 Å². The number of ether oxygens (including phenoxy) is 1. The van der Waals surface area contributed by atoms with Gasteiger partial charge in [0.1, 0.15) is 0 Å². The summed E-state index contributed by atoms with van der Waals surface area (Å²) in [4.78, 5) is 14.6. The predicted octanol–water partition coefficient (Wildman–Crippen LogP) is 1.96. The fourth-order valence-corrected chi connectivity index (χ4v) is 2.73. The molecule has 0 aromatic carbocycles. The molecule has 0 aliphatic carbocycles. The maximum Gasteiger partial charge on any atom is 0.226 e. The Hall–Kier alpha value is -1.60. The van der Waals surface area contributed by atoms with Crippen molar-refractivity contribution in [1.29, 1.82) is 0 Å². The first kappa shape index (κ1) is 12.4. The van der Waals surface area contributed by atoms with Crippen LogP contribution in [0, 0.1) is 12.7 Å². The highest BCUT2D eigenvalue weighted by Gasteiger charge is 2.28. The molecule has 1 aliphatic heterocycles. The Morgan fingerprint density at radius 3 is 2.89 bits per heavy atom. The first-order chi connectivity index (χ1) is 9.24. The molecule has 1 saturated heterocycles. The summed E-state index contributed by atoms with van der Waals surface area (Å²) in [5.74, 6) is 0.0819. The third-order valence-electron chi connectivity index (χ3n) is 2.97. The molecule has 2 aromatic rings. The number of morpholine rings is 1. The van der Waals surface area contributed by atoms with Crippen molar-refractivity contribution in [3.05, 3.63) is 34.3 Å². The molecule has 1 atom stereocenters. The maximum atomic E-state index is 12.9. The van der Waals surface area contributed by atoms with E-state index in [-0.39, 0.29) is 6.04 Å². The van der Waals surface area contributed by atoms with Crippen molar-refractivity contribution in [2.75, 3.05) is 24.7 Å². The standard InChI is InChI=1S/C12H13FN4OS/c1-8-16-10(7-19-8)11-6-18-3-2-17(11)12-14-4-9(13)5-15-12/h4-5,7,11H,2-3,6H2,1H3/t11-/m0/s1. The average molecular weight is 280 g/mol. The average Bonchev–Trinajstić information content (AvgIpc) is 2.86. The molecule has 0 unspecified atom stereocenters. The van der Waals surface area contributed by atoms with Crippen LogP contribution in [0.3, 0.4) is 0 Å². The maximum absolute atomic E-state index is 12.9. The van der Waals surface area contributed by atoms with Crippen LogP contribution < -0.4 is 4.90 Å². The summed E-state index contributed by atoms with van der Waals surface area (Å²) in [6.07, 6.45) is 2.36. The van der Waals surface area contributed by atoms with E-state index in [0.29, 0.717) is 25.7 Å². The highest BCUT2D eigenvalue weighted by atomic mass is 32.1. The summed E-state index contributed by atoms with van der Waals surface area (Å²) < 4.78 is 18.4. The zero-order chi connectivity index (χ0) is 13.2. The minimum atomic E-state index is -0.432. The Kier molecular flexibility index (Phi) is 3.39. The van der Waals surface area contributed by atoms with Crippen LogP contribution in [0.5, 0.6) is 0 Å². The van der Waals surface area contributed by atoms with E-state index in [2.05, 4.69) is 15.0 Å². The van der Waals surface area contributed by atoms with Crippen molar-refractivity contribution < 1.29 is 9.13 Å². The summed E-state index contributed by atoms with van der Waals surface area (Å²) in [5.41, 5.74) is 0.954. The molecule has 0 N–H and O–H groups in total. The molecule has 1 fully saturated rings. The fourth-order valence-electron chi connectivity index (χ4n) is 2.08. The van der Waals surface area contributed by atoms with E-state index in [9.17, 15) is 4.39 Å². The van der Waals surface area contributed by atoms with E-state index in [1.807, 2.05) is 17.2 Å². The van der Waals surface area contributed by atoms with Crippen molar-refractivity contribution in [1.82, 2.24) is 15.0 Å². The molecule has 2 aromatic heterocycles. The van der Waals surface area contributed by atoms with E-state index in [1.165, 1.54) is 12.4 Å². The van der Waals surface area contributed by atoms with Crippen molar-refractivity contribution in [3.8, 4) is 0 Å². The van der Waals surface area contributed by atoms with Crippen LogP contribution >= 0.6 is 11.3 Å². The first-order valence-electron chi connectivity index (χ1n) is 5.98. The van der Waals surface area contributed by atoms with Crippen LogP contribution in [0.15, 0.2) is 17.8 Å². The Bertz CT molecular complexity index is 559. The second-order valence-corrected chi connectivity index (χ2v) is 5.34. The minimum Gasteiger partial charge on any atom is -0.377 e. The molecule has 5 nitrogen and oxygen atoms in total. The van der Waals surface area contributed by atoms with Gasteiger partial charge in [-0.1, -0.05) is 0 Å². The zero-order valence-electron chi connectivity index (χ0n) is 10.4. The van der Waals surface area contributed by atoms with Crippen molar-refractivity contribution in [2.24, 2.45) is 0 Å². The molecular weight excluding hydrogens is 267 g/mol.